The number of pyridine rings is 1. The fourth-order valence-electron chi connectivity index (χ4n) is 4.74. The number of nitrogens with zero attached hydrogens (tertiary/aromatic N) is 3. The average Bonchev–Trinajstić information content (AvgIpc) is 2.81. The summed E-state index contributed by atoms with van der Waals surface area (Å²) in [4.78, 5) is 9.36. The van der Waals surface area contributed by atoms with E-state index >= 15 is 0 Å². The molecule has 2 aliphatic heterocycles. The van der Waals surface area contributed by atoms with Crippen molar-refractivity contribution >= 4 is 8.07 Å². The zero-order valence-electron chi connectivity index (χ0n) is 21.1. The van der Waals surface area contributed by atoms with Crippen molar-refractivity contribution in [1.82, 2.24) is 14.8 Å². The SMILES string of the molecule is CN1Cc2cc(OCCCN3CCC(F)CC3)ccc2C(c2ccc(C#C[Si](C)(C)C)nc2)C1. The summed E-state index contributed by atoms with van der Waals surface area (Å²) in [5.74, 6) is 4.49. The molecule has 2 aliphatic rings. The lowest BCUT2D eigenvalue weighted by Crippen LogP contribution is -2.35. The highest BCUT2D eigenvalue weighted by atomic mass is 28.3. The number of likely N-dealkylation sites (tertiary alicyclic amines) is 1. The van der Waals surface area contributed by atoms with Crippen molar-refractivity contribution in [1.29, 1.82) is 0 Å². The van der Waals surface area contributed by atoms with E-state index in [0.29, 0.717) is 25.4 Å². The molecule has 34 heavy (non-hydrogen) atoms. The fraction of sp³-hybridized carbons (Fsp3) is 0.536. The molecule has 0 radical (unpaired) electrons. The van der Waals surface area contributed by atoms with Crippen LogP contribution in [0.5, 0.6) is 5.75 Å². The number of hydrogen-bond donors (Lipinski definition) is 0. The quantitative estimate of drug-likeness (QED) is 0.328. The Kier molecular flexibility index (Phi) is 8.08. The first-order valence-corrected chi connectivity index (χ1v) is 16.1. The molecule has 1 atom stereocenters. The summed E-state index contributed by atoms with van der Waals surface area (Å²) in [7, 11) is 0.765. The third-order valence-corrected chi connectivity index (χ3v) is 7.46. The Hall–Kier alpha value is -2.20. The minimum absolute atomic E-state index is 0.299. The van der Waals surface area contributed by atoms with E-state index in [4.69, 9.17) is 4.74 Å². The predicted molar refractivity (Wildman–Crippen MR) is 140 cm³/mol. The van der Waals surface area contributed by atoms with E-state index in [-0.39, 0.29) is 0 Å². The van der Waals surface area contributed by atoms with Crippen LogP contribution in [0.4, 0.5) is 4.39 Å². The van der Waals surface area contributed by atoms with Crippen molar-refractivity contribution in [2.24, 2.45) is 0 Å². The summed E-state index contributed by atoms with van der Waals surface area (Å²) >= 11 is 0. The number of rotatable bonds is 6. The summed E-state index contributed by atoms with van der Waals surface area (Å²) in [5.41, 5.74) is 8.17. The van der Waals surface area contributed by atoms with Crippen molar-refractivity contribution in [3.05, 3.63) is 58.9 Å². The van der Waals surface area contributed by atoms with Gasteiger partial charge in [0, 0.05) is 44.8 Å². The number of fused-ring (bicyclic) bond motifs is 1. The van der Waals surface area contributed by atoms with Crippen LogP contribution < -0.4 is 4.74 Å². The second-order valence-corrected chi connectivity index (χ2v) is 15.6. The molecule has 0 amide bonds. The van der Waals surface area contributed by atoms with Crippen molar-refractivity contribution in [2.45, 2.75) is 57.5 Å². The van der Waals surface area contributed by atoms with Crippen LogP contribution >= 0.6 is 0 Å². The van der Waals surface area contributed by atoms with Crippen LogP contribution in [0.2, 0.25) is 19.6 Å². The van der Waals surface area contributed by atoms with Gasteiger partial charge in [-0.3, -0.25) is 0 Å². The minimum Gasteiger partial charge on any atom is -0.494 e. The van der Waals surface area contributed by atoms with Crippen molar-refractivity contribution in [2.75, 3.05) is 39.8 Å². The smallest absolute Gasteiger partial charge is 0.129 e. The number of likely N-dealkylation sites (N-methyl/N-ethyl adjacent to an activating group) is 1. The molecule has 1 unspecified atom stereocenters. The van der Waals surface area contributed by atoms with E-state index in [0.717, 1.165) is 50.6 Å². The van der Waals surface area contributed by atoms with Gasteiger partial charge < -0.3 is 14.5 Å². The topological polar surface area (TPSA) is 28.6 Å². The first-order chi connectivity index (χ1) is 16.3. The van der Waals surface area contributed by atoms with E-state index in [1.165, 1.54) is 16.7 Å². The molecule has 0 aliphatic carbocycles. The van der Waals surface area contributed by atoms with Crippen LogP contribution in [0.25, 0.3) is 0 Å². The van der Waals surface area contributed by atoms with Crippen molar-refractivity contribution < 1.29 is 9.13 Å². The van der Waals surface area contributed by atoms with Gasteiger partial charge in [-0.1, -0.05) is 37.7 Å². The molecule has 1 fully saturated rings. The Balaban J connectivity index is 1.38. The number of piperidine rings is 1. The summed E-state index contributed by atoms with van der Waals surface area (Å²) in [6.45, 7) is 12.1. The van der Waals surface area contributed by atoms with Crippen molar-refractivity contribution in [3.63, 3.8) is 0 Å². The molecule has 0 spiro atoms. The standard InChI is InChI=1S/C28H38FN3OSi/c1-31-20-23-18-26(33-16-5-13-32-14-10-24(29)11-15-32)8-9-27(23)28(21-31)22-6-7-25(30-19-22)12-17-34(2,3)4/h6-9,18-19,24,28H,5,10-11,13-16,20-21H2,1-4H3. The van der Waals surface area contributed by atoms with Gasteiger partial charge >= 0.3 is 0 Å². The molecule has 0 N–H and O–H groups in total. The summed E-state index contributed by atoms with van der Waals surface area (Å²) in [6.07, 6.45) is 3.70. The maximum atomic E-state index is 13.3. The summed E-state index contributed by atoms with van der Waals surface area (Å²) < 4.78 is 19.4. The fourth-order valence-corrected chi connectivity index (χ4v) is 5.24. The molecule has 1 aromatic heterocycles. The zero-order chi connectivity index (χ0) is 24.1. The van der Waals surface area contributed by atoms with Gasteiger partial charge in [0.1, 0.15) is 25.7 Å². The lowest BCUT2D eigenvalue weighted by molar-refractivity contribution is 0.143. The van der Waals surface area contributed by atoms with Crippen LogP contribution in [-0.4, -0.2) is 68.9 Å². The molecule has 1 saturated heterocycles. The summed E-state index contributed by atoms with van der Waals surface area (Å²) in [6, 6.07) is 10.8. The highest BCUT2D eigenvalue weighted by Crippen LogP contribution is 2.34. The van der Waals surface area contributed by atoms with Gasteiger partial charge in [0.25, 0.3) is 0 Å². The second kappa shape index (κ2) is 11.0. The van der Waals surface area contributed by atoms with Gasteiger partial charge in [0.05, 0.1) is 6.61 Å². The molecular formula is C28H38FN3OSi. The molecular weight excluding hydrogens is 441 g/mol. The molecule has 182 valence electrons. The number of hydrogen-bond acceptors (Lipinski definition) is 4. The van der Waals surface area contributed by atoms with Gasteiger partial charge in [0.2, 0.25) is 0 Å². The van der Waals surface area contributed by atoms with Crippen LogP contribution in [-0.2, 0) is 6.54 Å². The highest BCUT2D eigenvalue weighted by molar-refractivity contribution is 6.83. The van der Waals surface area contributed by atoms with Crippen LogP contribution in [0, 0.1) is 11.5 Å². The maximum absolute atomic E-state index is 13.3. The number of halogens is 1. The Bertz CT molecular complexity index is 1020. The Morgan fingerprint density at radius 1 is 1.15 bits per heavy atom. The monoisotopic (exact) mass is 479 g/mol. The second-order valence-electron chi connectivity index (χ2n) is 10.8. The normalized spacial score (nSPS) is 19.9. The predicted octanol–water partition coefficient (Wildman–Crippen LogP) is 5.09. The average molecular weight is 480 g/mol. The van der Waals surface area contributed by atoms with Crippen LogP contribution in [0.3, 0.4) is 0 Å². The van der Waals surface area contributed by atoms with Gasteiger partial charge in [0.15, 0.2) is 0 Å². The number of ether oxygens (including phenoxy) is 1. The third kappa shape index (κ3) is 6.91. The first kappa shape index (κ1) is 24.9. The Labute approximate surface area is 205 Å². The van der Waals surface area contributed by atoms with Gasteiger partial charge in [-0.15, -0.1) is 5.54 Å². The Morgan fingerprint density at radius 2 is 1.94 bits per heavy atom. The summed E-state index contributed by atoms with van der Waals surface area (Å²) in [5, 5.41) is 0. The van der Waals surface area contributed by atoms with Gasteiger partial charge in [-0.25, -0.2) is 9.37 Å². The van der Waals surface area contributed by atoms with Gasteiger partial charge in [-0.2, -0.15) is 0 Å². The minimum atomic E-state index is -1.41. The molecule has 2 aromatic rings. The number of benzene rings is 1. The third-order valence-electron chi connectivity index (χ3n) is 6.58. The van der Waals surface area contributed by atoms with E-state index < -0.39 is 14.2 Å². The molecule has 3 heterocycles. The number of aromatic nitrogens is 1. The van der Waals surface area contributed by atoms with E-state index in [2.05, 4.69) is 83.3 Å². The lowest BCUT2D eigenvalue weighted by Gasteiger charge is -2.32. The zero-order valence-corrected chi connectivity index (χ0v) is 22.1. The largest absolute Gasteiger partial charge is 0.494 e. The first-order valence-electron chi connectivity index (χ1n) is 12.6. The van der Waals surface area contributed by atoms with E-state index in [1.807, 2.05) is 6.20 Å². The number of alkyl halides is 1. The van der Waals surface area contributed by atoms with Crippen LogP contribution in [0.1, 0.15) is 47.6 Å². The molecule has 0 bridgehead atoms. The molecule has 6 heteroatoms. The van der Waals surface area contributed by atoms with Gasteiger partial charge in [-0.05, 0) is 61.2 Å². The molecule has 0 saturated carbocycles. The molecule has 4 nitrogen and oxygen atoms in total. The van der Waals surface area contributed by atoms with Crippen molar-refractivity contribution in [3.8, 4) is 17.2 Å². The van der Waals surface area contributed by atoms with E-state index in [9.17, 15) is 4.39 Å². The van der Waals surface area contributed by atoms with E-state index in [1.54, 1.807) is 0 Å². The molecule has 1 aromatic carbocycles. The molecule has 4 rings (SSSR count). The Morgan fingerprint density at radius 3 is 2.65 bits per heavy atom. The van der Waals surface area contributed by atoms with Crippen LogP contribution in [0.15, 0.2) is 36.5 Å². The highest BCUT2D eigenvalue weighted by Gasteiger charge is 2.25. The lowest BCUT2D eigenvalue weighted by atomic mass is 9.85. The maximum Gasteiger partial charge on any atom is 0.129 e.